The number of pyridine rings is 3. The van der Waals surface area contributed by atoms with Gasteiger partial charge in [-0.05, 0) is 35.9 Å². The lowest BCUT2D eigenvalue weighted by molar-refractivity contribution is 0.0998. The molecule has 204 valence electrons. The highest BCUT2D eigenvalue weighted by Gasteiger charge is 2.18. The van der Waals surface area contributed by atoms with Crippen LogP contribution in [0.4, 0.5) is 0 Å². The summed E-state index contributed by atoms with van der Waals surface area (Å²) in [4.78, 5) is 41.8. The van der Waals surface area contributed by atoms with E-state index in [1.165, 1.54) is 10.5 Å². The van der Waals surface area contributed by atoms with Gasteiger partial charge in [0.2, 0.25) is 0 Å². The maximum Gasteiger partial charge on any atom is 0.279 e. The van der Waals surface area contributed by atoms with Gasteiger partial charge in [0, 0.05) is 17.1 Å². The highest BCUT2D eigenvalue weighted by molar-refractivity contribution is 6.07. The fourth-order valence-electron chi connectivity index (χ4n) is 5.26. The number of benzene rings is 3. The highest BCUT2D eigenvalue weighted by Crippen LogP contribution is 2.25. The van der Waals surface area contributed by atoms with Crippen LogP contribution in [0.5, 0.6) is 0 Å². The van der Waals surface area contributed by atoms with Crippen LogP contribution in [0.3, 0.4) is 0 Å². The topological polar surface area (TPSA) is 105 Å². The molecular formula is C35H22N6O2. The van der Waals surface area contributed by atoms with E-state index in [4.69, 9.17) is 9.97 Å². The Morgan fingerprint density at radius 2 is 1.53 bits per heavy atom. The van der Waals surface area contributed by atoms with Crippen LogP contribution in [-0.4, -0.2) is 24.8 Å². The number of aromatic nitrogens is 4. The summed E-state index contributed by atoms with van der Waals surface area (Å²) in [6, 6.07) is 37.2. The molecule has 0 saturated heterocycles. The van der Waals surface area contributed by atoms with Gasteiger partial charge < -0.3 is 4.57 Å². The predicted molar refractivity (Wildman–Crippen MR) is 164 cm³/mol. The molecule has 0 aliphatic rings. The first kappa shape index (κ1) is 25.7. The monoisotopic (exact) mass is 558 g/mol. The third kappa shape index (κ3) is 4.65. The molecular weight excluding hydrogens is 536 g/mol. The van der Waals surface area contributed by atoms with Gasteiger partial charge in [-0.15, -0.1) is 0 Å². The van der Waals surface area contributed by atoms with Crippen molar-refractivity contribution in [3.63, 3.8) is 0 Å². The van der Waals surface area contributed by atoms with Crippen LogP contribution in [0.2, 0.25) is 0 Å². The molecule has 1 amide bonds. The molecule has 0 aliphatic carbocycles. The molecule has 0 spiro atoms. The maximum atomic E-state index is 14.1. The smallest absolute Gasteiger partial charge is 0.279 e. The minimum absolute atomic E-state index is 0.0909. The van der Waals surface area contributed by atoms with E-state index < -0.39 is 5.91 Å². The fourth-order valence-corrected chi connectivity index (χ4v) is 5.26. The van der Waals surface area contributed by atoms with Crippen molar-refractivity contribution in [2.75, 3.05) is 0 Å². The largest absolute Gasteiger partial charge is 0.305 e. The van der Waals surface area contributed by atoms with Crippen LogP contribution in [0, 0.1) is 11.3 Å². The average Bonchev–Trinajstić information content (AvgIpc) is 3.06. The second-order valence-electron chi connectivity index (χ2n) is 10.0. The second-order valence-corrected chi connectivity index (χ2v) is 10.0. The van der Waals surface area contributed by atoms with E-state index in [-0.39, 0.29) is 28.5 Å². The first-order valence-electron chi connectivity index (χ1n) is 13.6. The Morgan fingerprint density at radius 3 is 2.33 bits per heavy atom. The molecule has 0 saturated carbocycles. The molecule has 0 atom stereocenters. The number of rotatable bonds is 4. The van der Waals surface area contributed by atoms with Crippen molar-refractivity contribution < 1.29 is 4.79 Å². The van der Waals surface area contributed by atoms with E-state index in [1.807, 2.05) is 84.9 Å². The predicted octanol–water partition coefficient (Wildman–Crippen LogP) is 5.53. The number of para-hydroxylation sites is 1. The van der Waals surface area contributed by atoms with Crippen molar-refractivity contribution in [2.45, 2.75) is 6.54 Å². The average molecular weight is 559 g/mol. The van der Waals surface area contributed by atoms with Gasteiger partial charge in [0.05, 0.1) is 34.3 Å². The number of nitriles is 1. The Bertz CT molecular complexity index is 2370. The molecule has 0 radical (unpaired) electrons. The normalized spacial score (nSPS) is 11.7. The third-order valence-electron chi connectivity index (χ3n) is 7.32. The molecule has 8 nitrogen and oxygen atoms in total. The van der Waals surface area contributed by atoms with E-state index in [0.29, 0.717) is 33.5 Å². The molecule has 0 unspecified atom stereocenters. The Kier molecular flexibility index (Phi) is 6.38. The standard InChI is InChI=1S/C35H22N6O2/c36-21-25-19-28-33(38-31-17-9-10-18-40(31)35(28)43)41(22-23-11-3-1-4-12-23)32(25)39-34(42)27-20-30(24-13-5-2-6-14-24)37-29-16-8-7-15-26(27)29/h1-20H,22H2. The minimum atomic E-state index is -0.536. The molecule has 7 aromatic rings. The lowest BCUT2D eigenvalue weighted by atomic mass is 10.0. The first-order chi connectivity index (χ1) is 21.1. The molecule has 8 heteroatoms. The van der Waals surface area contributed by atoms with Gasteiger partial charge in [0.25, 0.3) is 11.5 Å². The summed E-state index contributed by atoms with van der Waals surface area (Å²) in [5.74, 6) is -0.536. The lowest BCUT2D eigenvalue weighted by Crippen LogP contribution is -2.30. The molecule has 3 aromatic carbocycles. The highest BCUT2D eigenvalue weighted by atomic mass is 16.1. The summed E-state index contributed by atoms with van der Waals surface area (Å²) in [5.41, 5.74) is 4.06. The van der Waals surface area contributed by atoms with Crippen molar-refractivity contribution >= 4 is 33.5 Å². The summed E-state index contributed by atoms with van der Waals surface area (Å²) in [5, 5.41) is 11.1. The first-order valence-corrected chi connectivity index (χ1v) is 13.6. The molecule has 0 aliphatic heterocycles. The maximum absolute atomic E-state index is 14.1. The van der Waals surface area contributed by atoms with Crippen LogP contribution in [0.1, 0.15) is 21.5 Å². The Balaban J connectivity index is 1.53. The zero-order valence-corrected chi connectivity index (χ0v) is 22.8. The van der Waals surface area contributed by atoms with Gasteiger partial charge in [-0.2, -0.15) is 10.3 Å². The van der Waals surface area contributed by atoms with E-state index in [9.17, 15) is 14.9 Å². The Labute approximate surface area is 245 Å². The number of amides is 1. The van der Waals surface area contributed by atoms with Crippen LogP contribution in [0.25, 0.3) is 38.8 Å². The van der Waals surface area contributed by atoms with Gasteiger partial charge in [-0.1, -0.05) is 84.9 Å². The van der Waals surface area contributed by atoms with E-state index in [2.05, 4.69) is 11.1 Å². The van der Waals surface area contributed by atoms with Crippen molar-refractivity contribution in [3.05, 3.63) is 154 Å². The number of fused-ring (bicyclic) bond motifs is 3. The second kappa shape index (κ2) is 10.7. The summed E-state index contributed by atoms with van der Waals surface area (Å²) < 4.78 is 3.11. The molecule has 4 aromatic heterocycles. The minimum Gasteiger partial charge on any atom is -0.305 e. The van der Waals surface area contributed by atoms with Crippen LogP contribution >= 0.6 is 0 Å². The molecule has 0 fully saturated rings. The summed E-state index contributed by atoms with van der Waals surface area (Å²) in [6.45, 7) is 0.237. The number of hydrogen-bond donors (Lipinski definition) is 0. The zero-order chi connectivity index (χ0) is 29.3. The van der Waals surface area contributed by atoms with Gasteiger partial charge >= 0.3 is 0 Å². The van der Waals surface area contributed by atoms with Crippen LogP contribution < -0.4 is 11.0 Å². The van der Waals surface area contributed by atoms with Crippen molar-refractivity contribution in [3.8, 4) is 17.3 Å². The Hall–Kier alpha value is -6.20. The number of nitrogens with zero attached hydrogens (tertiary/aromatic N) is 6. The van der Waals surface area contributed by atoms with Crippen LogP contribution in [-0.2, 0) is 6.54 Å². The summed E-state index contributed by atoms with van der Waals surface area (Å²) >= 11 is 0. The molecule has 4 heterocycles. The number of carbonyl (C=O) groups is 1. The van der Waals surface area contributed by atoms with E-state index in [1.54, 1.807) is 35.0 Å². The molecule has 43 heavy (non-hydrogen) atoms. The molecule has 7 rings (SSSR count). The van der Waals surface area contributed by atoms with Gasteiger partial charge in [-0.25, -0.2) is 9.97 Å². The van der Waals surface area contributed by atoms with Crippen LogP contribution in [0.15, 0.2) is 131 Å². The lowest BCUT2D eigenvalue weighted by Gasteiger charge is -2.14. The van der Waals surface area contributed by atoms with Crippen molar-refractivity contribution in [2.24, 2.45) is 4.99 Å². The Morgan fingerprint density at radius 1 is 0.814 bits per heavy atom. The van der Waals surface area contributed by atoms with E-state index in [0.717, 1.165) is 11.1 Å². The third-order valence-corrected chi connectivity index (χ3v) is 7.32. The number of carbonyl (C=O) groups excluding carboxylic acids is 1. The number of hydrogen-bond acceptors (Lipinski definition) is 5. The summed E-state index contributed by atoms with van der Waals surface area (Å²) in [6.07, 6.45) is 1.64. The SMILES string of the molecule is N#Cc1cc2c(=O)n3ccccc3nc2n(Cc2ccccc2)c1=NC(=O)c1cc(-c2ccccc2)nc2ccccc12. The molecule has 0 N–H and O–H groups in total. The van der Waals surface area contributed by atoms with Gasteiger partial charge in [-0.3, -0.25) is 14.0 Å². The fraction of sp³-hybridized carbons (Fsp3) is 0.0286. The van der Waals surface area contributed by atoms with Gasteiger partial charge in [0.1, 0.15) is 17.4 Å². The van der Waals surface area contributed by atoms with Crippen molar-refractivity contribution in [1.82, 2.24) is 18.9 Å². The van der Waals surface area contributed by atoms with Crippen molar-refractivity contribution in [1.29, 1.82) is 5.26 Å². The van der Waals surface area contributed by atoms with E-state index >= 15 is 0 Å². The zero-order valence-electron chi connectivity index (χ0n) is 22.8. The van der Waals surface area contributed by atoms with Gasteiger partial charge in [0.15, 0.2) is 5.49 Å². The molecule has 0 bridgehead atoms. The summed E-state index contributed by atoms with van der Waals surface area (Å²) in [7, 11) is 0. The quantitative estimate of drug-likeness (QED) is 0.264.